The largest absolute Gasteiger partial charge is 0.354 e. The van der Waals surface area contributed by atoms with E-state index in [1.165, 1.54) is 6.07 Å². The van der Waals surface area contributed by atoms with E-state index in [2.05, 4.69) is 20.9 Å². The van der Waals surface area contributed by atoms with Crippen LogP contribution in [0.2, 0.25) is 0 Å². The van der Waals surface area contributed by atoms with E-state index in [9.17, 15) is 4.39 Å². The van der Waals surface area contributed by atoms with Gasteiger partial charge in [-0.15, -0.1) is 0 Å². The Hall–Kier alpha value is -0.680. The quantitative estimate of drug-likeness (QED) is 0.926. The van der Waals surface area contributed by atoms with Crippen molar-refractivity contribution in [3.63, 3.8) is 0 Å². The number of halogens is 2. The SMILES string of the molecule is NCCC1CCN(c2ncc(Br)cc2F)C1. The number of hydrogen-bond acceptors (Lipinski definition) is 3. The molecule has 3 nitrogen and oxygen atoms in total. The number of nitrogens with zero attached hydrogens (tertiary/aromatic N) is 2. The number of aromatic nitrogens is 1. The zero-order chi connectivity index (χ0) is 11.5. The van der Waals surface area contributed by atoms with E-state index in [0.717, 1.165) is 25.9 Å². The lowest BCUT2D eigenvalue weighted by Gasteiger charge is -2.17. The molecule has 0 amide bonds. The van der Waals surface area contributed by atoms with E-state index in [1.807, 2.05) is 4.90 Å². The maximum absolute atomic E-state index is 13.7. The lowest BCUT2D eigenvalue weighted by atomic mass is 10.1. The monoisotopic (exact) mass is 287 g/mol. The molecule has 1 aromatic heterocycles. The number of rotatable bonds is 3. The van der Waals surface area contributed by atoms with Gasteiger partial charge in [-0.05, 0) is 47.3 Å². The van der Waals surface area contributed by atoms with Gasteiger partial charge in [-0.25, -0.2) is 9.37 Å². The molecule has 16 heavy (non-hydrogen) atoms. The Morgan fingerprint density at radius 3 is 3.12 bits per heavy atom. The first-order valence-corrected chi connectivity index (χ1v) is 6.26. The molecule has 2 rings (SSSR count). The second kappa shape index (κ2) is 5.10. The van der Waals surface area contributed by atoms with Crippen LogP contribution in [0.25, 0.3) is 0 Å². The van der Waals surface area contributed by atoms with Gasteiger partial charge >= 0.3 is 0 Å². The summed E-state index contributed by atoms with van der Waals surface area (Å²) in [4.78, 5) is 6.13. The molecule has 0 radical (unpaired) electrons. The molecule has 0 spiro atoms. The fraction of sp³-hybridized carbons (Fsp3) is 0.545. The van der Waals surface area contributed by atoms with Crippen molar-refractivity contribution in [2.24, 2.45) is 11.7 Å². The van der Waals surface area contributed by atoms with Gasteiger partial charge in [0, 0.05) is 23.8 Å². The Kier molecular flexibility index (Phi) is 3.76. The topological polar surface area (TPSA) is 42.1 Å². The third-order valence-corrected chi connectivity index (χ3v) is 3.38. The summed E-state index contributed by atoms with van der Waals surface area (Å²) in [5, 5.41) is 0. The Bertz CT molecular complexity index is 372. The molecule has 0 saturated carbocycles. The standard InChI is InChI=1S/C11H15BrFN3/c12-9-5-10(13)11(15-6-9)16-4-2-8(7-16)1-3-14/h5-6,8H,1-4,7,14H2. The summed E-state index contributed by atoms with van der Waals surface area (Å²) in [5.74, 6) is 0.778. The molecule has 1 saturated heterocycles. The van der Waals surface area contributed by atoms with Crippen LogP contribution in [0.4, 0.5) is 10.2 Å². The number of hydrogen-bond donors (Lipinski definition) is 1. The summed E-state index contributed by atoms with van der Waals surface area (Å²) < 4.78 is 14.3. The molecule has 2 heterocycles. The third-order valence-electron chi connectivity index (χ3n) is 2.95. The van der Waals surface area contributed by atoms with Crippen molar-refractivity contribution >= 4 is 21.7 Å². The van der Waals surface area contributed by atoms with E-state index in [1.54, 1.807) is 6.20 Å². The maximum Gasteiger partial charge on any atom is 0.166 e. The first-order chi connectivity index (χ1) is 7.70. The third kappa shape index (κ3) is 2.52. The fourth-order valence-electron chi connectivity index (χ4n) is 2.14. The van der Waals surface area contributed by atoms with Gasteiger partial charge in [-0.1, -0.05) is 0 Å². The summed E-state index contributed by atoms with van der Waals surface area (Å²) in [6.45, 7) is 2.44. The van der Waals surface area contributed by atoms with Crippen LogP contribution >= 0.6 is 15.9 Å². The lowest BCUT2D eigenvalue weighted by Crippen LogP contribution is -2.22. The number of anilines is 1. The Morgan fingerprint density at radius 2 is 2.44 bits per heavy atom. The van der Waals surface area contributed by atoms with Crippen LogP contribution in [-0.2, 0) is 0 Å². The van der Waals surface area contributed by atoms with Gasteiger partial charge < -0.3 is 10.6 Å². The van der Waals surface area contributed by atoms with Gasteiger partial charge in [-0.3, -0.25) is 0 Å². The van der Waals surface area contributed by atoms with Crippen molar-refractivity contribution in [2.45, 2.75) is 12.8 Å². The fourth-order valence-corrected chi connectivity index (χ4v) is 2.44. The molecule has 1 atom stereocenters. The maximum atomic E-state index is 13.7. The Balaban J connectivity index is 2.08. The van der Waals surface area contributed by atoms with Gasteiger partial charge in [0.15, 0.2) is 11.6 Å². The Morgan fingerprint density at radius 1 is 1.62 bits per heavy atom. The molecule has 1 fully saturated rings. The first-order valence-electron chi connectivity index (χ1n) is 5.46. The molecule has 88 valence electrons. The van der Waals surface area contributed by atoms with E-state index >= 15 is 0 Å². The highest BCUT2D eigenvalue weighted by Crippen LogP contribution is 2.27. The molecule has 0 aromatic carbocycles. The highest BCUT2D eigenvalue weighted by Gasteiger charge is 2.24. The molecular formula is C11H15BrFN3. The highest BCUT2D eigenvalue weighted by atomic mass is 79.9. The normalized spacial score (nSPS) is 20.4. The van der Waals surface area contributed by atoms with E-state index in [4.69, 9.17) is 5.73 Å². The van der Waals surface area contributed by atoms with Crippen LogP contribution in [0, 0.1) is 11.7 Å². The van der Waals surface area contributed by atoms with E-state index < -0.39 is 0 Å². The summed E-state index contributed by atoms with van der Waals surface area (Å²) in [6, 6.07) is 1.46. The van der Waals surface area contributed by atoms with Crippen LogP contribution < -0.4 is 10.6 Å². The summed E-state index contributed by atoms with van der Waals surface area (Å²) in [7, 11) is 0. The molecule has 1 aromatic rings. The van der Waals surface area contributed by atoms with Crippen molar-refractivity contribution in [1.29, 1.82) is 0 Å². The zero-order valence-electron chi connectivity index (χ0n) is 9.00. The molecule has 0 bridgehead atoms. The van der Waals surface area contributed by atoms with E-state index in [0.29, 0.717) is 22.8 Å². The van der Waals surface area contributed by atoms with Gasteiger partial charge in [0.1, 0.15) is 0 Å². The molecule has 1 aliphatic rings. The average molecular weight is 288 g/mol. The smallest absolute Gasteiger partial charge is 0.166 e. The van der Waals surface area contributed by atoms with Gasteiger partial charge in [0.2, 0.25) is 0 Å². The second-order valence-electron chi connectivity index (χ2n) is 4.14. The number of nitrogens with two attached hydrogens (primary N) is 1. The van der Waals surface area contributed by atoms with E-state index in [-0.39, 0.29) is 5.82 Å². The van der Waals surface area contributed by atoms with Gasteiger partial charge in [0.05, 0.1) is 0 Å². The molecule has 0 aliphatic carbocycles. The minimum Gasteiger partial charge on any atom is -0.354 e. The molecule has 2 N–H and O–H groups in total. The van der Waals surface area contributed by atoms with Crippen molar-refractivity contribution in [2.75, 3.05) is 24.5 Å². The van der Waals surface area contributed by atoms with Gasteiger partial charge in [0.25, 0.3) is 0 Å². The summed E-state index contributed by atoms with van der Waals surface area (Å²) in [5.41, 5.74) is 5.53. The molecule has 1 unspecified atom stereocenters. The van der Waals surface area contributed by atoms with Crippen molar-refractivity contribution in [1.82, 2.24) is 4.98 Å². The highest BCUT2D eigenvalue weighted by molar-refractivity contribution is 9.10. The van der Waals surface area contributed by atoms with Gasteiger partial charge in [-0.2, -0.15) is 0 Å². The Labute approximate surface area is 103 Å². The number of pyridine rings is 1. The molecule has 5 heteroatoms. The summed E-state index contributed by atoms with van der Waals surface area (Å²) in [6.07, 6.45) is 3.72. The van der Waals surface area contributed by atoms with Crippen molar-refractivity contribution < 1.29 is 4.39 Å². The lowest BCUT2D eigenvalue weighted by molar-refractivity contribution is 0.544. The minimum absolute atomic E-state index is 0.261. The first kappa shape index (κ1) is 11.8. The molecular weight excluding hydrogens is 273 g/mol. The predicted molar refractivity (Wildman–Crippen MR) is 65.9 cm³/mol. The van der Waals surface area contributed by atoms with Crippen LogP contribution in [0.15, 0.2) is 16.7 Å². The van der Waals surface area contributed by atoms with Crippen LogP contribution in [-0.4, -0.2) is 24.6 Å². The van der Waals surface area contributed by atoms with Crippen molar-refractivity contribution in [3.05, 3.63) is 22.6 Å². The van der Waals surface area contributed by atoms with Crippen LogP contribution in [0.1, 0.15) is 12.8 Å². The van der Waals surface area contributed by atoms with Crippen LogP contribution in [0.3, 0.4) is 0 Å². The predicted octanol–water partition coefficient (Wildman–Crippen LogP) is 2.16. The zero-order valence-corrected chi connectivity index (χ0v) is 10.6. The minimum atomic E-state index is -0.261. The molecule has 1 aliphatic heterocycles. The summed E-state index contributed by atoms with van der Waals surface area (Å²) >= 11 is 3.20. The van der Waals surface area contributed by atoms with Crippen molar-refractivity contribution in [3.8, 4) is 0 Å². The second-order valence-corrected chi connectivity index (χ2v) is 5.05. The average Bonchev–Trinajstić information content (AvgIpc) is 2.67. The van der Waals surface area contributed by atoms with Crippen LogP contribution in [0.5, 0.6) is 0 Å².